The summed E-state index contributed by atoms with van der Waals surface area (Å²) in [5, 5.41) is 6.62. The van der Waals surface area contributed by atoms with Crippen LogP contribution in [0.1, 0.15) is 0 Å². The van der Waals surface area contributed by atoms with Gasteiger partial charge in [0.2, 0.25) is 0 Å². The van der Waals surface area contributed by atoms with E-state index < -0.39 is 0 Å². The third-order valence-corrected chi connectivity index (χ3v) is 6.30. The monoisotopic (exact) mass is 206 g/mol. The lowest BCUT2D eigenvalue weighted by molar-refractivity contribution is 0.566. The van der Waals surface area contributed by atoms with Gasteiger partial charge in [-0.1, -0.05) is 21.6 Å². The minimum atomic E-state index is 0.584. The molecule has 1 saturated heterocycles. The molecule has 11 heavy (non-hydrogen) atoms. The van der Waals surface area contributed by atoms with E-state index in [0.717, 1.165) is 6.67 Å². The van der Waals surface area contributed by atoms with Crippen LogP contribution in [0.3, 0.4) is 0 Å². The van der Waals surface area contributed by atoms with Gasteiger partial charge in [-0.3, -0.25) is 5.32 Å². The second-order valence-electron chi connectivity index (χ2n) is 2.39. The molecule has 2 nitrogen and oxygen atoms in total. The third kappa shape index (κ3) is 1.52. The van der Waals surface area contributed by atoms with Crippen LogP contribution in [0.2, 0.25) is 0 Å². The van der Waals surface area contributed by atoms with Crippen LogP contribution in [0, 0.1) is 0 Å². The van der Waals surface area contributed by atoms with Crippen LogP contribution in [-0.2, 0) is 0 Å². The maximum absolute atomic E-state index is 3.44. The zero-order valence-corrected chi connectivity index (χ0v) is 8.61. The van der Waals surface area contributed by atoms with Crippen molar-refractivity contribution in [1.29, 1.82) is 0 Å². The summed E-state index contributed by atoms with van der Waals surface area (Å²) in [4.78, 5) is 1.45. The average molecular weight is 206 g/mol. The standard InChI is InChI=1S/C6H10N2S3/c1-9-6-5-4(10-11-6)2-7-3-8-5/h2,5-8H,3H2,1H3. The molecule has 62 valence electrons. The molecular formula is C6H10N2S3. The van der Waals surface area contributed by atoms with Crippen LogP contribution in [-0.4, -0.2) is 23.5 Å². The van der Waals surface area contributed by atoms with E-state index in [9.17, 15) is 0 Å². The van der Waals surface area contributed by atoms with Crippen molar-refractivity contribution in [2.75, 3.05) is 12.9 Å². The Morgan fingerprint density at radius 2 is 2.64 bits per heavy atom. The topological polar surface area (TPSA) is 24.1 Å². The molecule has 5 heteroatoms. The van der Waals surface area contributed by atoms with Gasteiger partial charge in [0.25, 0.3) is 0 Å². The average Bonchev–Trinajstić information content (AvgIpc) is 2.47. The largest absolute Gasteiger partial charge is 0.378 e. The molecule has 2 heterocycles. The van der Waals surface area contributed by atoms with Crippen molar-refractivity contribution in [2.24, 2.45) is 0 Å². The minimum Gasteiger partial charge on any atom is -0.378 e. The summed E-state index contributed by atoms with van der Waals surface area (Å²) in [6, 6.07) is 0.584. The molecular weight excluding hydrogens is 196 g/mol. The number of fused-ring (bicyclic) bond motifs is 1. The number of hydrogen-bond acceptors (Lipinski definition) is 5. The van der Waals surface area contributed by atoms with Gasteiger partial charge in [0.1, 0.15) is 0 Å². The first-order valence-corrected chi connectivity index (χ1v) is 6.95. The Balaban J connectivity index is 2.11. The Morgan fingerprint density at radius 3 is 3.45 bits per heavy atom. The zero-order valence-electron chi connectivity index (χ0n) is 6.16. The minimum absolute atomic E-state index is 0.584. The molecule has 2 atom stereocenters. The van der Waals surface area contributed by atoms with Crippen LogP contribution in [0.5, 0.6) is 0 Å². The maximum atomic E-state index is 3.44. The SMILES string of the molecule is CSC1SSC2=CNCNC21. The van der Waals surface area contributed by atoms with Crippen molar-refractivity contribution in [3.63, 3.8) is 0 Å². The lowest BCUT2D eigenvalue weighted by Gasteiger charge is -2.22. The van der Waals surface area contributed by atoms with Crippen molar-refractivity contribution in [1.82, 2.24) is 10.6 Å². The van der Waals surface area contributed by atoms with E-state index in [-0.39, 0.29) is 0 Å². The van der Waals surface area contributed by atoms with Crippen molar-refractivity contribution in [3.8, 4) is 0 Å². The van der Waals surface area contributed by atoms with E-state index in [2.05, 4.69) is 23.1 Å². The molecule has 2 rings (SSSR count). The molecule has 0 aromatic rings. The summed E-state index contributed by atoms with van der Waals surface area (Å²) in [6.45, 7) is 0.909. The lowest BCUT2D eigenvalue weighted by atomic mass is 10.3. The Bertz CT molecular complexity index is 183. The van der Waals surface area contributed by atoms with Gasteiger partial charge in [0.15, 0.2) is 0 Å². The van der Waals surface area contributed by atoms with Crippen molar-refractivity contribution in [3.05, 3.63) is 11.1 Å². The number of thioether (sulfide) groups is 1. The van der Waals surface area contributed by atoms with Gasteiger partial charge < -0.3 is 5.32 Å². The summed E-state index contributed by atoms with van der Waals surface area (Å²) in [5.41, 5.74) is 0. The third-order valence-electron chi connectivity index (χ3n) is 1.72. The lowest BCUT2D eigenvalue weighted by Crippen LogP contribution is -2.43. The van der Waals surface area contributed by atoms with Gasteiger partial charge in [-0.15, -0.1) is 11.8 Å². The molecule has 0 amide bonds. The number of nitrogens with one attached hydrogen (secondary N) is 2. The van der Waals surface area contributed by atoms with Gasteiger partial charge in [-0.25, -0.2) is 0 Å². The highest BCUT2D eigenvalue weighted by molar-refractivity contribution is 8.80. The van der Waals surface area contributed by atoms with E-state index in [0.29, 0.717) is 10.6 Å². The Kier molecular flexibility index (Phi) is 2.61. The first-order valence-electron chi connectivity index (χ1n) is 3.45. The van der Waals surface area contributed by atoms with Gasteiger partial charge in [0.05, 0.1) is 17.3 Å². The molecule has 0 aromatic carbocycles. The molecule has 0 radical (unpaired) electrons. The molecule has 0 spiro atoms. The molecule has 2 unspecified atom stereocenters. The zero-order chi connectivity index (χ0) is 7.68. The number of hydrogen-bond donors (Lipinski definition) is 2. The fourth-order valence-corrected chi connectivity index (χ4v) is 5.63. The second kappa shape index (κ2) is 3.51. The van der Waals surface area contributed by atoms with Gasteiger partial charge in [-0.05, 0) is 6.26 Å². The summed E-state index contributed by atoms with van der Waals surface area (Å²) in [5.74, 6) is 0. The van der Waals surface area contributed by atoms with Crippen LogP contribution in [0.25, 0.3) is 0 Å². The molecule has 1 fully saturated rings. The highest BCUT2D eigenvalue weighted by Crippen LogP contribution is 2.50. The van der Waals surface area contributed by atoms with Gasteiger partial charge in [-0.2, -0.15) is 0 Å². The van der Waals surface area contributed by atoms with Gasteiger partial charge in [0, 0.05) is 11.1 Å². The smallest absolute Gasteiger partial charge is 0.0807 e. The summed E-state index contributed by atoms with van der Waals surface area (Å²) < 4.78 is 0.688. The normalized spacial score (nSPS) is 35.9. The van der Waals surface area contributed by atoms with Crippen LogP contribution < -0.4 is 10.6 Å². The Hall–Kier alpha value is 0.550. The first-order chi connectivity index (χ1) is 5.42. The molecule has 0 aliphatic carbocycles. The van der Waals surface area contributed by atoms with Crippen LogP contribution in [0.4, 0.5) is 0 Å². The molecule has 0 saturated carbocycles. The van der Waals surface area contributed by atoms with Gasteiger partial charge >= 0.3 is 0 Å². The summed E-state index contributed by atoms with van der Waals surface area (Å²) in [6.07, 6.45) is 4.31. The summed E-state index contributed by atoms with van der Waals surface area (Å²) >= 11 is 1.93. The predicted molar refractivity (Wildman–Crippen MR) is 55.5 cm³/mol. The quantitative estimate of drug-likeness (QED) is 0.632. The molecule has 2 aliphatic rings. The Labute approximate surface area is 78.7 Å². The second-order valence-corrected chi connectivity index (χ2v) is 6.09. The maximum Gasteiger partial charge on any atom is 0.0807 e. The predicted octanol–water partition coefficient (Wildman–Crippen LogP) is 1.43. The van der Waals surface area contributed by atoms with Crippen molar-refractivity contribution in [2.45, 2.75) is 10.6 Å². The van der Waals surface area contributed by atoms with Crippen LogP contribution >= 0.6 is 33.3 Å². The van der Waals surface area contributed by atoms with Crippen molar-refractivity contribution < 1.29 is 0 Å². The highest BCUT2D eigenvalue weighted by Gasteiger charge is 2.33. The van der Waals surface area contributed by atoms with E-state index >= 15 is 0 Å². The first kappa shape index (κ1) is 8.16. The molecule has 0 aromatic heterocycles. The van der Waals surface area contributed by atoms with Crippen molar-refractivity contribution >= 4 is 33.3 Å². The van der Waals surface area contributed by atoms with Crippen LogP contribution in [0.15, 0.2) is 11.1 Å². The van der Waals surface area contributed by atoms with E-state index in [1.807, 2.05) is 33.3 Å². The van der Waals surface area contributed by atoms with E-state index in [4.69, 9.17) is 0 Å². The molecule has 2 N–H and O–H groups in total. The van der Waals surface area contributed by atoms with E-state index in [1.165, 1.54) is 4.91 Å². The Morgan fingerprint density at radius 1 is 1.73 bits per heavy atom. The fraction of sp³-hybridized carbons (Fsp3) is 0.667. The highest BCUT2D eigenvalue weighted by atomic mass is 33.1. The van der Waals surface area contributed by atoms with E-state index in [1.54, 1.807) is 0 Å². The molecule has 0 bridgehead atoms. The number of rotatable bonds is 1. The molecule has 2 aliphatic heterocycles. The summed E-state index contributed by atoms with van der Waals surface area (Å²) in [7, 11) is 3.85. The fourth-order valence-electron chi connectivity index (χ4n) is 1.15.